The third-order valence-corrected chi connectivity index (χ3v) is 3.70. The number of ether oxygens (including phenoxy) is 2. The molecule has 0 spiro atoms. The number of rotatable bonds is 6. The first-order valence-corrected chi connectivity index (χ1v) is 7.88. The molecule has 0 aliphatic carbocycles. The number of halogens is 2. The van der Waals surface area contributed by atoms with Crippen LogP contribution in [0.5, 0.6) is 0 Å². The van der Waals surface area contributed by atoms with Gasteiger partial charge in [0.1, 0.15) is 11.9 Å². The quantitative estimate of drug-likeness (QED) is 0.794. The molecular formula is C15H19BrFNO3. The number of carbonyl (C=O) groups excluding carboxylic acids is 1. The number of nitrogens with one attached hydrogen (secondary N) is 1. The molecule has 1 heterocycles. The van der Waals surface area contributed by atoms with Crippen LogP contribution < -0.4 is 5.32 Å². The molecule has 1 aromatic rings. The summed E-state index contributed by atoms with van der Waals surface area (Å²) in [6.45, 7) is 3.26. The first-order chi connectivity index (χ1) is 10.1. The third-order valence-electron chi connectivity index (χ3n) is 3.29. The van der Waals surface area contributed by atoms with Crippen molar-refractivity contribution in [2.45, 2.75) is 30.4 Å². The van der Waals surface area contributed by atoms with Gasteiger partial charge in [0.25, 0.3) is 0 Å². The van der Waals surface area contributed by atoms with E-state index >= 15 is 0 Å². The van der Waals surface area contributed by atoms with Crippen molar-refractivity contribution in [3.63, 3.8) is 0 Å². The summed E-state index contributed by atoms with van der Waals surface area (Å²) in [6.07, 6.45) is 0.411. The number of carbonyl (C=O) groups is 1. The summed E-state index contributed by atoms with van der Waals surface area (Å²) >= 11 is 3.21. The summed E-state index contributed by atoms with van der Waals surface area (Å²) < 4.78 is 24.6. The first-order valence-electron chi connectivity index (χ1n) is 6.96. The van der Waals surface area contributed by atoms with Gasteiger partial charge in [0.05, 0.1) is 17.5 Å². The second-order valence-electron chi connectivity index (χ2n) is 5.03. The summed E-state index contributed by atoms with van der Waals surface area (Å²) in [6, 6.07) is 6.26. The van der Waals surface area contributed by atoms with Crippen LogP contribution in [-0.2, 0) is 14.3 Å². The Bertz CT molecular complexity index is 478. The zero-order valence-corrected chi connectivity index (χ0v) is 13.4. The normalized spacial score (nSPS) is 21.0. The summed E-state index contributed by atoms with van der Waals surface area (Å²) in [5.41, 5.74) is 0.712. The van der Waals surface area contributed by atoms with Gasteiger partial charge in [-0.05, 0) is 31.0 Å². The lowest BCUT2D eigenvalue weighted by Gasteiger charge is -2.22. The van der Waals surface area contributed by atoms with Gasteiger partial charge in [0.15, 0.2) is 0 Å². The predicted molar refractivity (Wildman–Crippen MR) is 80.8 cm³/mol. The molecule has 2 rings (SSSR count). The fourth-order valence-electron chi connectivity index (χ4n) is 2.14. The molecule has 116 valence electrons. The Morgan fingerprint density at radius 2 is 2.43 bits per heavy atom. The van der Waals surface area contributed by atoms with Crippen molar-refractivity contribution in [3.05, 3.63) is 35.6 Å². The van der Waals surface area contributed by atoms with Gasteiger partial charge in [-0.25, -0.2) is 4.39 Å². The van der Waals surface area contributed by atoms with Crippen molar-refractivity contribution in [1.82, 2.24) is 5.32 Å². The predicted octanol–water partition coefficient (Wildman–Crippen LogP) is 2.57. The maximum Gasteiger partial charge on any atom is 0.233 e. The Balaban J connectivity index is 2.04. The molecule has 21 heavy (non-hydrogen) atoms. The highest BCUT2D eigenvalue weighted by molar-refractivity contribution is 9.10. The average Bonchev–Trinajstić information content (AvgIpc) is 2.95. The molecule has 1 aliphatic heterocycles. The summed E-state index contributed by atoms with van der Waals surface area (Å²) in [5, 5.41) is 2.80. The minimum absolute atomic E-state index is 0.0171. The minimum atomic E-state index is -0.386. The molecule has 6 heteroatoms. The van der Waals surface area contributed by atoms with E-state index < -0.39 is 0 Å². The molecule has 3 atom stereocenters. The van der Waals surface area contributed by atoms with Gasteiger partial charge < -0.3 is 14.8 Å². The standard InChI is InChI=1S/C15H19BrFNO3/c1-10(16)15(19)18-8-14(21-13-5-6-20-9-13)11-3-2-4-12(17)7-11/h2-4,7,10,13-14H,5-6,8-9H2,1H3,(H,18,19)/t10-,13+,14+/m0/s1. The fraction of sp³-hybridized carbons (Fsp3) is 0.533. The van der Waals surface area contributed by atoms with Crippen molar-refractivity contribution in [2.24, 2.45) is 0 Å². The van der Waals surface area contributed by atoms with E-state index in [1.807, 2.05) is 0 Å². The van der Waals surface area contributed by atoms with Gasteiger partial charge in [-0.15, -0.1) is 0 Å². The number of alkyl halides is 1. The second-order valence-corrected chi connectivity index (χ2v) is 6.40. The molecule has 4 nitrogen and oxygen atoms in total. The zero-order valence-electron chi connectivity index (χ0n) is 11.9. The lowest BCUT2D eigenvalue weighted by Crippen LogP contribution is -2.35. The van der Waals surface area contributed by atoms with Gasteiger partial charge in [-0.1, -0.05) is 28.1 Å². The van der Waals surface area contributed by atoms with Crippen LogP contribution in [0.1, 0.15) is 25.0 Å². The molecule has 1 aromatic carbocycles. The molecule has 0 bridgehead atoms. The van der Waals surface area contributed by atoms with Gasteiger partial charge >= 0.3 is 0 Å². The van der Waals surface area contributed by atoms with E-state index in [0.29, 0.717) is 25.3 Å². The smallest absolute Gasteiger partial charge is 0.233 e. The Hall–Kier alpha value is -0.980. The monoisotopic (exact) mass is 359 g/mol. The highest BCUT2D eigenvalue weighted by atomic mass is 79.9. The molecule has 1 N–H and O–H groups in total. The lowest BCUT2D eigenvalue weighted by molar-refractivity contribution is -0.121. The Kier molecular flexibility index (Phi) is 6.14. The molecule has 1 saturated heterocycles. The number of hydrogen-bond donors (Lipinski definition) is 1. The SMILES string of the molecule is C[C@H](Br)C(=O)NC[C@@H](O[C@@H]1CCOC1)c1cccc(F)c1. The van der Waals surface area contributed by atoms with Crippen molar-refractivity contribution in [2.75, 3.05) is 19.8 Å². The van der Waals surface area contributed by atoms with Crippen LogP contribution in [-0.4, -0.2) is 36.6 Å². The van der Waals surface area contributed by atoms with E-state index in [1.54, 1.807) is 19.1 Å². The molecule has 0 aromatic heterocycles. The molecule has 1 fully saturated rings. The van der Waals surface area contributed by atoms with Crippen molar-refractivity contribution < 1.29 is 18.7 Å². The van der Waals surface area contributed by atoms with E-state index in [9.17, 15) is 9.18 Å². The van der Waals surface area contributed by atoms with Crippen molar-refractivity contribution in [1.29, 1.82) is 0 Å². The second kappa shape index (κ2) is 7.87. The van der Waals surface area contributed by atoms with Gasteiger partial charge in [-0.2, -0.15) is 0 Å². The van der Waals surface area contributed by atoms with Crippen LogP contribution in [0.25, 0.3) is 0 Å². The minimum Gasteiger partial charge on any atom is -0.379 e. The lowest BCUT2D eigenvalue weighted by atomic mass is 10.1. The molecule has 0 radical (unpaired) electrons. The topological polar surface area (TPSA) is 47.6 Å². The van der Waals surface area contributed by atoms with E-state index in [-0.39, 0.29) is 28.8 Å². The van der Waals surface area contributed by atoms with Gasteiger partial charge in [0, 0.05) is 13.2 Å². The maximum absolute atomic E-state index is 13.4. The van der Waals surface area contributed by atoms with Crippen LogP contribution >= 0.6 is 15.9 Å². The molecule has 1 aliphatic rings. The Morgan fingerprint density at radius 3 is 3.05 bits per heavy atom. The first kappa shape index (κ1) is 16.4. The highest BCUT2D eigenvalue weighted by Gasteiger charge is 2.23. The van der Waals surface area contributed by atoms with Crippen LogP contribution in [0.3, 0.4) is 0 Å². The van der Waals surface area contributed by atoms with Crippen LogP contribution in [0.15, 0.2) is 24.3 Å². The Labute approximate surface area is 132 Å². The molecule has 1 amide bonds. The molecular weight excluding hydrogens is 341 g/mol. The third kappa shape index (κ3) is 5.05. The Morgan fingerprint density at radius 1 is 1.62 bits per heavy atom. The number of hydrogen-bond acceptors (Lipinski definition) is 3. The van der Waals surface area contributed by atoms with Crippen molar-refractivity contribution >= 4 is 21.8 Å². The number of amides is 1. The van der Waals surface area contributed by atoms with E-state index in [4.69, 9.17) is 9.47 Å². The van der Waals surface area contributed by atoms with Crippen LogP contribution in [0.2, 0.25) is 0 Å². The van der Waals surface area contributed by atoms with E-state index in [0.717, 1.165) is 6.42 Å². The fourth-order valence-corrected chi connectivity index (χ4v) is 2.30. The summed E-state index contributed by atoms with van der Waals surface area (Å²) in [4.78, 5) is 11.4. The highest BCUT2D eigenvalue weighted by Crippen LogP contribution is 2.22. The zero-order chi connectivity index (χ0) is 15.2. The number of benzene rings is 1. The van der Waals surface area contributed by atoms with Crippen molar-refractivity contribution in [3.8, 4) is 0 Å². The maximum atomic E-state index is 13.4. The van der Waals surface area contributed by atoms with Gasteiger partial charge in [0.2, 0.25) is 5.91 Å². The van der Waals surface area contributed by atoms with Crippen LogP contribution in [0.4, 0.5) is 4.39 Å². The summed E-state index contributed by atoms with van der Waals surface area (Å²) in [7, 11) is 0. The average molecular weight is 360 g/mol. The largest absolute Gasteiger partial charge is 0.379 e. The molecule has 0 unspecified atom stereocenters. The molecule has 0 saturated carbocycles. The van der Waals surface area contributed by atoms with Gasteiger partial charge in [-0.3, -0.25) is 4.79 Å². The van der Waals surface area contributed by atoms with E-state index in [2.05, 4.69) is 21.2 Å². The summed E-state index contributed by atoms with van der Waals surface area (Å²) in [5.74, 6) is -0.438. The van der Waals surface area contributed by atoms with E-state index in [1.165, 1.54) is 12.1 Å². The van der Waals surface area contributed by atoms with Crippen LogP contribution in [0, 0.1) is 5.82 Å².